The van der Waals surface area contributed by atoms with E-state index in [1.807, 2.05) is 24.3 Å². The van der Waals surface area contributed by atoms with Crippen LogP contribution in [-0.2, 0) is 17.8 Å². The zero-order valence-electron chi connectivity index (χ0n) is 20.0. The predicted octanol–water partition coefficient (Wildman–Crippen LogP) is 4.39. The topological polar surface area (TPSA) is 74.9 Å². The molecule has 0 saturated carbocycles. The number of nitrogen functional groups attached to an aromatic ring is 1. The fourth-order valence-corrected chi connectivity index (χ4v) is 5.31. The molecule has 37 heavy (non-hydrogen) atoms. The molecule has 1 aromatic carbocycles. The number of benzene rings is 1. The normalized spacial score (nSPS) is 20.4. The van der Waals surface area contributed by atoms with Crippen molar-refractivity contribution in [3.63, 3.8) is 0 Å². The minimum Gasteiger partial charge on any atom is -0.397 e. The van der Waals surface area contributed by atoms with Gasteiger partial charge in [0.05, 0.1) is 28.6 Å². The Labute approximate surface area is 217 Å². The van der Waals surface area contributed by atoms with Gasteiger partial charge in [0.15, 0.2) is 0 Å². The summed E-state index contributed by atoms with van der Waals surface area (Å²) in [4.78, 5) is 23.7. The van der Waals surface area contributed by atoms with Crippen molar-refractivity contribution >= 4 is 29.0 Å². The van der Waals surface area contributed by atoms with Crippen LogP contribution in [0.25, 0.3) is 0 Å². The number of ether oxygens (including phenoxy) is 1. The molecular weight excluding hydrogens is 507 g/mol. The molecule has 0 radical (unpaired) electrons. The highest BCUT2D eigenvalue weighted by Gasteiger charge is 2.34. The van der Waals surface area contributed by atoms with E-state index in [4.69, 9.17) is 17.3 Å². The number of carbonyl (C=O) groups excluding carboxylic acids is 1. The minimum absolute atomic E-state index is 0.104. The Morgan fingerprint density at radius 2 is 1.92 bits per heavy atom. The number of nitrogens with two attached hydrogens (primary N) is 1. The van der Waals surface area contributed by atoms with Crippen molar-refractivity contribution < 1.29 is 22.7 Å². The van der Waals surface area contributed by atoms with Crippen LogP contribution in [0.5, 0.6) is 0 Å². The fourth-order valence-electron chi connectivity index (χ4n) is 4.96. The third-order valence-corrected chi connectivity index (χ3v) is 7.06. The van der Waals surface area contributed by atoms with Crippen molar-refractivity contribution in [2.45, 2.75) is 32.0 Å². The molecule has 1 amide bonds. The number of amides is 1. The second kappa shape index (κ2) is 10.4. The van der Waals surface area contributed by atoms with E-state index >= 15 is 0 Å². The number of anilines is 2. The van der Waals surface area contributed by atoms with E-state index < -0.39 is 12.5 Å². The van der Waals surface area contributed by atoms with Crippen molar-refractivity contribution in [2.24, 2.45) is 0 Å². The van der Waals surface area contributed by atoms with Gasteiger partial charge in [-0.15, -0.1) is 13.2 Å². The highest BCUT2D eigenvalue weighted by atomic mass is 35.5. The number of halogens is 4. The quantitative estimate of drug-likeness (QED) is 0.594. The van der Waals surface area contributed by atoms with Crippen LogP contribution in [0, 0.1) is 0 Å². The molecule has 2 N–H and O–H groups in total. The number of carbonyl (C=O) groups is 1. The molecule has 1 aliphatic carbocycles. The van der Waals surface area contributed by atoms with E-state index in [1.54, 1.807) is 23.2 Å². The summed E-state index contributed by atoms with van der Waals surface area (Å²) in [5.41, 5.74) is 9.56. The van der Waals surface area contributed by atoms with Gasteiger partial charge in [-0.1, -0.05) is 35.9 Å². The summed E-state index contributed by atoms with van der Waals surface area (Å²) < 4.78 is 41.3. The summed E-state index contributed by atoms with van der Waals surface area (Å²) in [5, 5.41) is 0.427. The summed E-state index contributed by atoms with van der Waals surface area (Å²) in [5.74, 6) is 0.749. The Bertz CT molecular complexity index is 1220. The average molecular weight is 534 g/mol. The maximum absolute atomic E-state index is 13.0. The zero-order chi connectivity index (χ0) is 26.2. The third kappa shape index (κ3) is 6.08. The van der Waals surface area contributed by atoms with Crippen LogP contribution < -0.4 is 10.6 Å². The Morgan fingerprint density at radius 1 is 1.14 bits per heavy atom. The number of piperazine rings is 1. The number of aromatic nitrogens is 1. The lowest BCUT2D eigenvalue weighted by molar-refractivity contribution is -0.336. The third-order valence-electron chi connectivity index (χ3n) is 6.76. The summed E-state index contributed by atoms with van der Waals surface area (Å²) in [6.07, 6.45) is 0.693. The highest BCUT2D eigenvalue weighted by Crippen LogP contribution is 2.32. The van der Waals surface area contributed by atoms with Gasteiger partial charge in [0.1, 0.15) is 5.82 Å². The highest BCUT2D eigenvalue weighted by molar-refractivity contribution is 6.34. The first kappa shape index (κ1) is 25.6. The molecule has 3 aliphatic rings. The lowest BCUT2D eigenvalue weighted by atomic mass is 10.0. The smallest absolute Gasteiger partial charge is 0.397 e. The largest absolute Gasteiger partial charge is 0.523 e. The number of hydrogen-bond donors (Lipinski definition) is 1. The Morgan fingerprint density at radius 3 is 2.57 bits per heavy atom. The Kier molecular flexibility index (Phi) is 7.15. The monoisotopic (exact) mass is 533 g/mol. The number of nitrogens with zero attached hydrogens (tertiary/aromatic N) is 4. The van der Waals surface area contributed by atoms with Crippen molar-refractivity contribution in [3.05, 3.63) is 76.0 Å². The molecule has 3 heterocycles. The fraction of sp³-hybridized carbons (Fsp3) is 0.385. The van der Waals surface area contributed by atoms with Crippen LogP contribution >= 0.6 is 11.6 Å². The molecule has 1 aromatic heterocycles. The molecule has 1 unspecified atom stereocenters. The standard InChI is InChI=1S/C26H27ClF3N5O2/c27-22-12-18(14-33-7-9-34(10-8-33)23-6-3-20(31)13-32-23)11-19-16-35(25(36)24(19)22)15-17-1-4-21(5-2-17)37-26(28,29)30/h1-4,6,11-13,21H,5,7-10,14-16,31H2. The van der Waals surface area contributed by atoms with E-state index in [-0.39, 0.29) is 12.3 Å². The number of fused-ring (bicyclic) bond motifs is 1. The van der Waals surface area contributed by atoms with E-state index in [1.165, 1.54) is 6.08 Å². The van der Waals surface area contributed by atoms with Gasteiger partial charge in [0.2, 0.25) is 0 Å². The SMILES string of the molecule is Nc1ccc(N2CCN(Cc3cc(Cl)c4c(c3)CN(CC3=CCC(OC(F)(F)F)C=C3)C4=O)CC2)nc1. The van der Waals surface area contributed by atoms with Gasteiger partial charge in [-0.25, -0.2) is 4.98 Å². The second-order valence-corrected chi connectivity index (χ2v) is 9.87. The molecule has 2 aliphatic heterocycles. The van der Waals surface area contributed by atoms with Gasteiger partial charge in [0.25, 0.3) is 5.91 Å². The summed E-state index contributed by atoms with van der Waals surface area (Å²) in [6.45, 7) is 4.86. The lowest BCUT2D eigenvalue weighted by Crippen LogP contribution is -2.46. The Hall–Kier alpha value is -3.08. The van der Waals surface area contributed by atoms with Crippen LogP contribution in [0.2, 0.25) is 5.02 Å². The van der Waals surface area contributed by atoms with Crippen LogP contribution in [-0.4, -0.2) is 65.9 Å². The van der Waals surface area contributed by atoms with E-state index in [9.17, 15) is 18.0 Å². The predicted molar refractivity (Wildman–Crippen MR) is 135 cm³/mol. The molecule has 196 valence electrons. The number of alkyl halides is 3. The van der Waals surface area contributed by atoms with Crippen LogP contribution in [0.1, 0.15) is 27.9 Å². The first-order valence-electron chi connectivity index (χ1n) is 12.1. The molecule has 1 saturated heterocycles. The maximum atomic E-state index is 13.0. The first-order chi connectivity index (χ1) is 17.6. The van der Waals surface area contributed by atoms with Gasteiger partial charge < -0.3 is 15.5 Å². The van der Waals surface area contributed by atoms with Gasteiger partial charge in [-0.2, -0.15) is 0 Å². The molecule has 1 fully saturated rings. The van der Waals surface area contributed by atoms with Crippen LogP contribution in [0.4, 0.5) is 24.7 Å². The van der Waals surface area contributed by atoms with Crippen LogP contribution in [0.3, 0.4) is 0 Å². The van der Waals surface area contributed by atoms with Crippen molar-refractivity contribution in [3.8, 4) is 0 Å². The number of rotatable bonds is 6. The van der Waals surface area contributed by atoms with Gasteiger partial charge in [-0.3, -0.25) is 14.4 Å². The Balaban J connectivity index is 1.18. The molecule has 1 atom stereocenters. The van der Waals surface area contributed by atoms with E-state index in [0.29, 0.717) is 29.4 Å². The van der Waals surface area contributed by atoms with Crippen LogP contribution in [0.15, 0.2) is 54.3 Å². The van der Waals surface area contributed by atoms with Gasteiger partial charge in [-0.05, 0) is 41.3 Å². The zero-order valence-corrected chi connectivity index (χ0v) is 20.8. The van der Waals surface area contributed by atoms with Gasteiger partial charge >= 0.3 is 6.36 Å². The number of hydrogen-bond acceptors (Lipinski definition) is 6. The average Bonchev–Trinajstić information content (AvgIpc) is 3.15. The summed E-state index contributed by atoms with van der Waals surface area (Å²) in [6, 6.07) is 7.67. The minimum atomic E-state index is -4.68. The van der Waals surface area contributed by atoms with Crippen molar-refractivity contribution in [1.82, 2.24) is 14.8 Å². The van der Waals surface area contributed by atoms with E-state index in [2.05, 4.69) is 19.5 Å². The van der Waals surface area contributed by atoms with Gasteiger partial charge in [0, 0.05) is 45.8 Å². The lowest BCUT2D eigenvalue weighted by Gasteiger charge is -2.35. The molecule has 0 spiro atoms. The molecule has 5 rings (SSSR count). The summed E-state index contributed by atoms with van der Waals surface area (Å²) >= 11 is 6.55. The molecule has 11 heteroatoms. The molecular formula is C26H27ClF3N5O2. The molecule has 7 nitrogen and oxygen atoms in total. The summed E-state index contributed by atoms with van der Waals surface area (Å²) in [7, 11) is 0. The molecule has 0 bridgehead atoms. The maximum Gasteiger partial charge on any atom is 0.523 e. The van der Waals surface area contributed by atoms with E-state index in [0.717, 1.165) is 55.2 Å². The van der Waals surface area contributed by atoms with Crippen molar-refractivity contribution in [2.75, 3.05) is 43.4 Å². The second-order valence-electron chi connectivity index (χ2n) is 9.46. The van der Waals surface area contributed by atoms with Crippen molar-refractivity contribution in [1.29, 1.82) is 0 Å². The number of pyridine rings is 1. The molecule has 2 aromatic rings. The first-order valence-corrected chi connectivity index (χ1v) is 12.4.